The fourth-order valence-electron chi connectivity index (χ4n) is 1.22. The molecule has 0 aliphatic heterocycles. The van der Waals surface area contributed by atoms with Gasteiger partial charge in [0.1, 0.15) is 0 Å². The smallest absolute Gasteiger partial charge is 0.164 e. The van der Waals surface area contributed by atoms with Crippen molar-refractivity contribution in [1.29, 1.82) is 5.26 Å². The number of aliphatic hydroxyl groups excluding tert-OH is 2. The second kappa shape index (κ2) is 8.20. The van der Waals surface area contributed by atoms with Crippen LogP contribution >= 0.6 is 0 Å². The first-order valence-electron chi connectivity index (χ1n) is 5.63. The molecule has 5 nitrogen and oxygen atoms in total. The van der Waals surface area contributed by atoms with Crippen LogP contribution in [0.2, 0.25) is 0 Å². The third kappa shape index (κ3) is 6.49. The van der Waals surface area contributed by atoms with Crippen molar-refractivity contribution in [1.82, 2.24) is 0 Å². The van der Waals surface area contributed by atoms with Crippen molar-refractivity contribution >= 4 is 0 Å². The molecule has 0 aliphatic rings. The largest absolute Gasteiger partial charge is 0.396 e. The summed E-state index contributed by atoms with van der Waals surface area (Å²) in [4.78, 5) is 0. The highest BCUT2D eigenvalue weighted by atomic mass is 16.3. The average molecular weight is 227 g/mol. The van der Waals surface area contributed by atoms with E-state index in [1.54, 1.807) is 6.92 Å². The maximum atomic E-state index is 8.98. The summed E-state index contributed by atoms with van der Waals surface area (Å²) in [5.41, 5.74) is -0.837. The van der Waals surface area contributed by atoms with E-state index in [2.05, 4.69) is 16.3 Å². The summed E-state index contributed by atoms with van der Waals surface area (Å²) in [6.07, 6.45) is 2.52. The van der Waals surface area contributed by atoms with Crippen LogP contribution in [0.5, 0.6) is 0 Å². The molecule has 2 N–H and O–H groups in total. The Bertz CT molecular complexity index is 250. The lowest BCUT2D eigenvalue weighted by Gasteiger charge is -2.15. The van der Waals surface area contributed by atoms with Gasteiger partial charge in [0.2, 0.25) is 0 Å². The Kier molecular flexibility index (Phi) is 7.69. The predicted octanol–water partition coefficient (Wildman–Crippen LogP) is 1.65. The van der Waals surface area contributed by atoms with E-state index in [0.717, 1.165) is 6.42 Å². The fraction of sp³-hybridized carbons (Fsp3) is 0.909. The lowest BCUT2D eigenvalue weighted by Crippen LogP contribution is -2.19. The highest BCUT2D eigenvalue weighted by Gasteiger charge is 2.22. The summed E-state index contributed by atoms with van der Waals surface area (Å²) in [7, 11) is 0. The van der Waals surface area contributed by atoms with E-state index in [9.17, 15) is 0 Å². The van der Waals surface area contributed by atoms with Crippen LogP contribution in [0.25, 0.3) is 0 Å². The number of azo groups is 1. The van der Waals surface area contributed by atoms with Gasteiger partial charge in [-0.3, -0.25) is 0 Å². The second-order valence-corrected chi connectivity index (χ2v) is 4.14. The molecule has 16 heavy (non-hydrogen) atoms. The standard InChI is InChI=1S/C11H21N3O2/c1-10(5-3-7-15)13-14-11(2,9-12)6-4-8-16/h10,15-16H,3-8H2,1-2H3. The van der Waals surface area contributed by atoms with E-state index < -0.39 is 5.54 Å². The van der Waals surface area contributed by atoms with E-state index in [1.807, 2.05) is 6.92 Å². The normalized spacial score (nSPS) is 16.9. The van der Waals surface area contributed by atoms with Gasteiger partial charge in [-0.05, 0) is 39.5 Å². The number of hydrogen-bond donors (Lipinski definition) is 2. The Morgan fingerprint density at radius 3 is 2.44 bits per heavy atom. The molecule has 2 atom stereocenters. The molecule has 0 aliphatic carbocycles. The van der Waals surface area contributed by atoms with Crippen molar-refractivity contribution in [3.8, 4) is 6.07 Å². The molecule has 0 bridgehead atoms. The third-order valence-corrected chi connectivity index (χ3v) is 2.32. The van der Waals surface area contributed by atoms with Crippen LogP contribution in [-0.4, -0.2) is 35.0 Å². The highest BCUT2D eigenvalue weighted by molar-refractivity contribution is 5.02. The zero-order valence-electron chi connectivity index (χ0n) is 10.1. The van der Waals surface area contributed by atoms with Gasteiger partial charge >= 0.3 is 0 Å². The molecule has 0 aromatic carbocycles. The molecule has 0 saturated heterocycles. The number of rotatable bonds is 8. The minimum atomic E-state index is -0.837. The van der Waals surface area contributed by atoms with Crippen LogP contribution in [0, 0.1) is 11.3 Å². The molecule has 2 unspecified atom stereocenters. The van der Waals surface area contributed by atoms with Crippen LogP contribution in [-0.2, 0) is 0 Å². The molecule has 0 rings (SSSR count). The van der Waals surface area contributed by atoms with E-state index >= 15 is 0 Å². The minimum absolute atomic E-state index is 0.0222. The van der Waals surface area contributed by atoms with Crippen LogP contribution in [0.3, 0.4) is 0 Å². The van der Waals surface area contributed by atoms with Crippen LogP contribution in [0.15, 0.2) is 10.2 Å². The maximum absolute atomic E-state index is 8.98. The van der Waals surface area contributed by atoms with Gasteiger partial charge in [0.25, 0.3) is 0 Å². The Hall–Kier alpha value is -0.990. The van der Waals surface area contributed by atoms with E-state index in [4.69, 9.17) is 15.5 Å². The topological polar surface area (TPSA) is 89.0 Å². The molecule has 0 fully saturated rings. The number of nitrogens with zero attached hydrogens (tertiary/aromatic N) is 3. The molecule has 0 spiro atoms. The predicted molar refractivity (Wildman–Crippen MR) is 61.0 cm³/mol. The Morgan fingerprint density at radius 1 is 1.31 bits per heavy atom. The molecule has 92 valence electrons. The van der Waals surface area contributed by atoms with Gasteiger partial charge in [0.05, 0.1) is 12.1 Å². The Labute approximate surface area is 96.8 Å². The zero-order chi connectivity index (χ0) is 12.4. The van der Waals surface area contributed by atoms with Crippen LogP contribution in [0.1, 0.15) is 39.5 Å². The van der Waals surface area contributed by atoms with Gasteiger partial charge < -0.3 is 10.2 Å². The van der Waals surface area contributed by atoms with Crippen molar-refractivity contribution < 1.29 is 10.2 Å². The molecule has 0 heterocycles. The summed E-state index contributed by atoms with van der Waals surface area (Å²) < 4.78 is 0. The van der Waals surface area contributed by atoms with Gasteiger partial charge in [-0.2, -0.15) is 15.5 Å². The lowest BCUT2D eigenvalue weighted by molar-refractivity contribution is 0.271. The second-order valence-electron chi connectivity index (χ2n) is 4.14. The van der Waals surface area contributed by atoms with Crippen molar-refractivity contribution in [2.45, 2.75) is 51.1 Å². The van der Waals surface area contributed by atoms with Gasteiger partial charge in [-0.15, -0.1) is 0 Å². The Balaban J connectivity index is 4.19. The first-order valence-corrected chi connectivity index (χ1v) is 5.63. The van der Waals surface area contributed by atoms with Crippen LogP contribution < -0.4 is 0 Å². The molecule has 0 aromatic heterocycles. The van der Waals surface area contributed by atoms with Gasteiger partial charge in [0, 0.05) is 13.2 Å². The van der Waals surface area contributed by atoms with Crippen molar-refractivity contribution in [3.63, 3.8) is 0 Å². The van der Waals surface area contributed by atoms with Crippen molar-refractivity contribution in [2.75, 3.05) is 13.2 Å². The minimum Gasteiger partial charge on any atom is -0.396 e. The summed E-state index contributed by atoms with van der Waals surface area (Å²) in [5, 5.41) is 34.4. The first kappa shape index (κ1) is 15.0. The number of hydrogen-bond acceptors (Lipinski definition) is 5. The molecule has 5 heteroatoms. The van der Waals surface area contributed by atoms with Crippen LogP contribution in [0.4, 0.5) is 0 Å². The van der Waals surface area contributed by atoms with Gasteiger partial charge in [0.15, 0.2) is 5.54 Å². The highest BCUT2D eigenvalue weighted by Crippen LogP contribution is 2.18. The summed E-state index contributed by atoms with van der Waals surface area (Å²) in [5.74, 6) is 0. The fourth-order valence-corrected chi connectivity index (χ4v) is 1.22. The number of aliphatic hydroxyl groups is 2. The van der Waals surface area contributed by atoms with Crippen molar-refractivity contribution in [2.24, 2.45) is 10.2 Å². The van der Waals surface area contributed by atoms with E-state index in [0.29, 0.717) is 19.3 Å². The molecule has 0 aromatic rings. The van der Waals surface area contributed by atoms with E-state index in [-0.39, 0.29) is 19.3 Å². The average Bonchev–Trinajstić information content (AvgIpc) is 2.31. The van der Waals surface area contributed by atoms with E-state index in [1.165, 1.54) is 0 Å². The Morgan fingerprint density at radius 2 is 1.94 bits per heavy atom. The lowest BCUT2D eigenvalue weighted by atomic mass is 9.99. The first-order chi connectivity index (χ1) is 7.58. The molecule has 0 amide bonds. The maximum Gasteiger partial charge on any atom is 0.164 e. The van der Waals surface area contributed by atoms with Gasteiger partial charge in [-0.25, -0.2) is 0 Å². The SMILES string of the molecule is CC(CCCO)N=NC(C)(C#N)CCCO. The zero-order valence-corrected chi connectivity index (χ0v) is 10.1. The monoisotopic (exact) mass is 227 g/mol. The molecular formula is C11H21N3O2. The summed E-state index contributed by atoms with van der Waals surface area (Å²) in [6, 6.07) is 2.13. The quantitative estimate of drug-likeness (QED) is 0.618. The molecule has 0 radical (unpaired) electrons. The van der Waals surface area contributed by atoms with Gasteiger partial charge in [-0.1, -0.05) is 0 Å². The third-order valence-electron chi connectivity index (χ3n) is 2.32. The molecule has 0 saturated carbocycles. The van der Waals surface area contributed by atoms with Crippen molar-refractivity contribution in [3.05, 3.63) is 0 Å². The summed E-state index contributed by atoms with van der Waals surface area (Å²) >= 11 is 0. The number of nitriles is 1. The summed E-state index contributed by atoms with van der Waals surface area (Å²) in [6.45, 7) is 3.83. The molecular weight excluding hydrogens is 206 g/mol.